The molecule has 0 aromatic rings. The summed E-state index contributed by atoms with van der Waals surface area (Å²) in [6.07, 6.45) is 9.81. The Hall–Kier alpha value is -1.63. The molecule has 0 spiro atoms. The molecule has 4 bridgehead atoms. The highest BCUT2D eigenvalue weighted by molar-refractivity contribution is 5.95. The van der Waals surface area contributed by atoms with Gasteiger partial charge in [-0.2, -0.15) is 0 Å². The molecular formula is C20H30N2O5. The van der Waals surface area contributed by atoms with Crippen LogP contribution >= 0.6 is 0 Å². The normalized spacial score (nSPS) is 37.7. The third kappa shape index (κ3) is 3.98. The first-order valence-corrected chi connectivity index (χ1v) is 10.4. The fourth-order valence-electron chi connectivity index (χ4n) is 6.37. The van der Waals surface area contributed by atoms with Crippen LogP contribution in [-0.2, 0) is 14.3 Å². The second-order valence-electron chi connectivity index (χ2n) is 9.40. The largest absolute Gasteiger partial charge is 0.455 e. The first-order chi connectivity index (χ1) is 12.9. The summed E-state index contributed by atoms with van der Waals surface area (Å²) in [5.41, 5.74) is -1.39. The first kappa shape index (κ1) is 18.7. The molecule has 0 aromatic heterocycles. The average molecular weight is 378 g/mol. The Morgan fingerprint density at radius 2 is 1.67 bits per heavy atom. The van der Waals surface area contributed by atoms with Crippen molar-refractivity contribution in [2.45, 2.75) is 82.3 Å². The Bertz CT molecular complexity index is 614. The number of urea groups is 1. The van der Waals surface area contributed by atoms with Crippen LogP contribution in [0.4, 0.5) is 4.79 Å². The molecular weight excluding hydrogens is 348 g/mol. The van der Waals surface area contributed by atoms with Crippen LogP contribution in [0.15, 0.2) is 0 Å². The number of esters is 1. The SMILES string of the molecule is O=C(COC(=O)C12C[C@@H]3C[C@@H](CC(O)(C3)C1)C2)NC(=O)NC1CCCCC1. The Morgan fingerprint density at radius 3 is 2.30 bits per heavy atom. The molecule has 7 heteroatoms. The second-order valence-corrected chi connectivity index (χ2v) is 9.40. The number of hydrogen-bond acceptors (Lipinski definition) is 5. The molecule has 2 unspecified atom stereocenters. The van der Waals surface area contributed by atoms with Gasteiger partial charge < -0.3 is 15.2 Å². The number of aliphatic hydroxyl groups is 1. The van der Waals surface area contributed by atoms with Crippen molar-refractivity contribution < 1.29 is 24.2 Å². The summed E-state index contributed by atoms with van der Waals surface area (Å²) in [5.74, 6) is -0.254. The fourth-order valence-corrected chi connectivity index (χ4v) is 6.37. The second kappa shape index (κ2) is 7.08. The van der Waals surface area contributed by atoms with Gasteiger partial charge in [0.1, 0.15) is 0 Å². The Balaban J connectivity index is 1.25. The fraction of sp³-hybridized carbons (Fsp3) is 0.850. The van der Waals surface area contributed by atoms with E-state index in [1.165, 1.54) is 6.42 Å². The molecule has 150 valence electrons. The van der Waals surface area contributed by atoms with Crippen LogP contribution in [0.1, 0.15) is 70.6 Å². The van der Waals surface area contributed by atoms with Crippen molar-refractivity contribution in [1.29, 1.82) is 0 Å². The maximum absolute atomic E-state index is 12.7. The number of rotatable bonds is 4. The van der Waals surface area contributed by atoms with E-state index in [4.69, 9.17) is 4.74 Å². The lowest BCUT2D eigenvalue weighted by Gasteiger charge is -2.58. The lowest BCUT2D eigenvalue weighted by Crippen LogP contribution is -2.58. The van der Waals surface area contributed by atoms with Crippen LogP contribution in [0.3, 0.4) is 0 Å². The minimum atomic E-state index is -0.745. The summed E-state index contributed by atoms with van der Waals surface area (Å²) in [6.45, 7) is -0.452. The van der Waals surface area contributed by atoms with E-state index >= 15 is 0 Å². The molecule has 0 saturated heterocycles. The van der Waals surface area contributed by atoms with E-state index in [9.17, 15) is 19.5 Å². The highest BCUT2D eigenvalue weighted by atomic mass is 16.5. The highest BCUT2D eigenvalue weighted by Gasteiger charge is 2.60. The van der Waals surface area contributed by atoms with Crippen molar-refractivity contribution >= 4 is 17.9 Å². The Kier molecular flexibility index (Phi) is 4.91. The zero-order valence-corrected chi connectivity index (χ0v) is 15.8. The summed E-state index contributed by atoms with van der Waals surface area (Å²) in [6, 6.07) is -0.408. The van der Waals surface area contributed by atoms with E-state index in [1.54, 1.807) is 0 Å². The third-order valence-electron chi connectivity index (χ3n) is 6.99. The smallest absolute Gasteiger partial charge is 0.321 e. The summed E-state index contributed by atoms with van der Waals surface area (Å²) >= 11 is 0. The predicted octanol–water partition coefficient (Wildman–Crippen LogP) is 2.02. The van der Waals surface area contributed by atoms with Gasteiger partial charge in [-0.15, -0.1) is 0 Å². The summed E-state index contributed by atoms with van der Waals surface area (Å²) < 4.78 is 5.28. The molecule has 3 amide bonds. The van der Waals surface area contributed by atoms with Crippen molar-refractivity contribution in [1.82, 2.24) is 10.6 Å². The number of amides is 3. The molecule has 27 heavy (non-hydrogen) atoms. The van der Waals surface area contributed by atoms with Gasteiger partial charge in [0.2, 0.25) is 0 Å². The summed E-state index contributed by atoms with van der Waals surface area (Å²) in [4.78, 5) is 36.6. The van der Waals surface area contributed by atoms with Gasteiger partial charge in [-0.05, 0) is 63.2 Å². The quantitative estimate of drug-likeness (QED) is 0.649. The molecule has 0 radical (unpaired) electrons. The van der Waals surface area contributed by atoms with Crippen molar-refractivity contribution in [2.75, 3.05) is 6.61 Å². The summed E-state index contributed by atoms with van der Waals surface area (Å²) in [5, 5.41) is 15.8. The average Bonchev–Trinajstić information content (AvgIpc) is 2.58. The molecule has 5 aliphatic rings. The number of ether oxygens (including phenoxy) is 1. The maximum Gasteiger partial charge on any atom is 0.321 e. The molecule has 4 atom stereocenters. The van der Waals surface area contributed by atoms with Gasteiger partial charge in [0.05, 0.1) is 11.0 Å². The third-order valence-corrected chi connectivity index (χ3v) is 6.99. The van der Waals surface area contributed by atoms with Gasteiger partial charge >= 0.3 is 12.0 Å². The number of nitrogens with one attached hydrogen (secondary N) is 2. The van der Waals surface area contributed by atoms with Crippen molar-refractivity contribution in [3.8, 4) is 0 Å². The van der Waals surface area contributed by atoms with Crippen molar-refractivity contribution in [3.63, 3.8) is 0 Å². The van der Waals surface area contributed by atoms with Gasteiger partial charge in [0.25, 0.3) is 5.91 Å². The zero-order chi connectivity index (χ0) is 19.1. The van der Waals surface area contributed by atoms with E-state index in [0.717, 1.165) is 57.8 Å². The molecule has 5 rings (SSSR count). The van der Waals surface area contributed by atoms with E-state index in [0.29, 0.717) is 18.3 Å². The van der Waals surface area contributed by atoms with E-state index in [2.05, 4.69) is 10.6 Å². The molecule has 3 N–H and O–H groups in total. The van der Waals surface area contributed by atoms with Gasteiger partial charge in [-0.1, -0.05) is 19.3 Å². The minimum absolute atomic E-state index is 0.113. The standard InChI is InChI=1S/C20H30N2O5/c23-16(22-18(25)21-15-4-2-1-3-5-15)11-27-17(24)19-7-13-6-14(8-19)10-20(26,9-13)12-19/h13-15,26H,1-12H2,(H2,21,22,23,25)/t13-,14+,19?,20?. The van der Waals surface area contributed by atoms with Crippen LogP contribution in [0, 0.1) is 17.3 Å². The maximum atomic E-state index is 12.7. The van der Waals surface area contributed by atoms with Gasteiger partial charge in [-0.25, -0.2) is 4.79 Å². The van der Waals surface area contributed by atoms with E-state index in [1.807, 2.05) is 0 Å². The Labute approximate surface area is 159 Å². The predicted molar refractivity (Wildman–Crippen MR) is 96.6 cm³/mol. The molecule has 5 fully saturated rings. The number of hydrogen-bond donors (Lipinski definition) is 3. The highest BCUT2D eigenvalue weighted by Crippen LogP contribution is 2.61. The molecule has 5 saturated carbocycles. The van der Waals surface area contributed by atoms with Gasteiger partial charge in [-0.3, -0.25) is 14.9 Å². The van der Waals surface area contributed by atoms with Crippen LogP contribution < -0.4 is 10.6 Å². The number of carbonyl (C=O) groups excluding carboxylic acids is 3. The Morgan fingerprint density at radius 1 is 1.00 bits per heavy atom. The van der Waals surface area contributed by atoms with Crippen molar-refractivity contribution in [3.05, 3.63) is 0 Å². The molecule has 0 aromatic carbocycles. The lowest BCUT2D eigenvalue weighted by molar-refractivity contribution is -0.196. The summed E-state index contributed by atoms with van der Waals surface area (Å²) in [7, 11) is 0. The van der Waals surface area contributed by atoms with Gasteiger partial charge in [0.15, 0.2) is 6.61 Å². The van der Waals surface area contributed by atoms with E-state index < -0.39 is 35.5 Å². The van der Waals surface area contributed by atoms with Crippen LogP contribution in [0.5, 0.6) is 0 Å². The molecule has 0 heterocycles. The molecule has 0 aliphatic heterocycles. The van der Waals surface area contributed by atoms with Gasteiger partial charge in [0, 0.05) is 6.04 Å². The molecule has 5 aliphatic carbocycles. The lowest BCUT2D eigenvalue weighted by atomic mass is 9.48. The first-order valence-electron chi connectivity index (χ1n) is 10.4. The van der Waals surface area contributed by atoms with E-state index in [-0.39, 0.29) is 6.04 Å². The molecule has 7 nitrogen and oxygen atoms in total. The van der Waals surface area contributed by atoms with Crippen LogP contribution in [0.25, 0.3) is 0 Å². The van der Waals surface area contributed by atoms with Crippen LogP contribution in [-0.4, -0.2) is 41.3 Å². The topological polar surface area (TPSA) is 105 Å². The number of imide groups is 1. The monoisotopic (exact) mass is 378 g/mol. The zero-order valence-electron chi connectivity index (χ0n) is 15.8. The number of carbonyl (C=O) groups is 3. The van der Waals surface area contributed by atoms with Crippen molar-refractivity contribution in [2.24, 2.45) is 17.3 Å². The minimum Gasteiger partial charge on any atom is -0.455 e. The van der Waals surface area contributed by atoms with Crippen LogP contribution in [0.2, 0.25) is 0 Å².